The Labute approximate surface area is 105 Å². The highest BCUT2D eigenvalue weighted by Gasteiger charge is 2.09. The number of fused-ring (bicyclic) bond motifs is 3. The number of hydrogen-bond donors (Lipinski definition) is 1. The molecule has 0 fully saturated rings. The van der Waals surface area contributed by atoms with E-state index in [9.17, 15) is 0 Å². The molecule has 3 aromatic rings. The minimum absolute atomic E-state index is 0. The van der Waals surface area contributed by atoms with E-state index in [1.165, 1.54) is 0 Å². The Bertz CT molecular complexity index is 656. The molecule has 0 aliphatic heterocycles. The lowest BCUT2D eigenvalue weighted by Gasteiger charge is -2.01. The van der Waals surface area contributed by atoms with Gasteiger partial charge in [-0.05, 0) is 25.1 Å². The third-order valence-corrected chi connectivity index (χ3v) is 2.76. The minimum Gasteiger partial charge on any atom is -0.461 e. The predicted octanol–water partition coefficient (Wildman–Crippen LogP) is 2.47. The van der Waals surface area contributed by atoms with E-state index in [1.54, 1.807) is 0 Å². The number of halogens is 1. The molecule has 90 valence electrons. The van der Waals surface area contributed by atoms with Crippen LogP contribution >= 0.6 is 12.4 Å². The predicted molar refractivity (Wildman–Crippen MR) is 70.5 cm³/mol. The molecule has 0 aliphatic carbocycles. The molecule has 0 saturated heterocycles. The Kier molecular flexibility index (Phi) is 3.09. The van der Waals surface area contributed by atoms with Crippen LogP contribution < -0.4 is 5.73 Å². The average molecular weight is 252 g/mol. The lowest BCUT2D eigenvalue weighted by atomic mass is 10.2. The van der Waals surface area contributed by atoms with Crippen LogP contribution in [0.2, 0.25) is 0 Å². The molecule has 0 bridgehead atoms. The highest BCUT2D eigenvalue weighted by Crippen LogP contribution is 2.27. The van der Waals surface area contributed by atoms with E-state index in [0.29, 0.717) is 6.54 Å². The average Bonchev–Trinajstić information content (AvgIpc) is 2.81. The van der Waals surface area contributed by atoms with Gasteiger partial charge in [-0.2, -0.15) is 5.10 Å². The van der Waals surface area contributed by atoms with Gasteiger partial charge in [0, 0.05) is 17.3 Å². The van der Waals surface area contributed by atoms with Crippen molar-refractivity contribution in [1.29, 1.82) is 0 Å². The Morgan fingerprint density at radius 3 is 3.00 bits per heavy atom. The van der Waals surface area contributed by atoms with Gasteiger partial charge in [-0.3, -0.25) is 4.68 Å². The third kappa shape index (κ3) is 1.79. The highest BCUT2D eigenvalue weighted by molar-refractivity contribution is 6.03. The zero-order valence-electron chi connectivity index (χ0n) is 9.51. The summed E-state index contributed by atoms with van der Waals surface area (Å²) in [6.07, 6.45) is 1.87. The second kappa shape index (κ2) is 4.39. The van der Waals surface area contributed by atoms with Crippen molar-refractivity contribution >= 4 is 34.3 Å². The summed E-state index contributed by atoms with van der Waals surface area (Å²) in [5.41, 5.74) is 7.59. The Morgan fingerprint density at radius 2 is 2.24 bits per heavy atom. The van der Waals surface area contributed by atoms with Crippen molar-refractivity contribution in [2.24, 2.45) is 5.73 Å². The third-order valence-electron chi connectivity index (χ3n) is 2.76. The Balaban J connectivity index is 0.00000108. The summed E-state index contributed by atoms with van der Waals surface area (Å²) in [6.45, 7) is 3.27. The van der Waals surface area contributed by atoms with Gasteiger partial charge in [0.2, 0.25) is 0 Å². The van der Waals surface area contributed by atoms with Crippen LogP contribution in [0, 0.1) is 6.92 Å². The molecule has 0 unspecified atom stereocenters. The molecule has 2 aromatic heterocycles. The standard InChI is InChI=1S/C12H13N3O.ClH/c1-8-6-10-11(16-8)3-2-9-7-14-15(5-4-13)12(9)10;/h2-3,6-7H,4-5,13H2,1H3;1H. The van der Waals surface area contributed by atoms with E-state index in [2.05, 4.69) is 5.10 Å². The molecule has 1 aromatic carbocycles. The molecule has 3 rings (SSSR count). The first-order valence-corrected chi connectivity index (χ1v) is 5.34. The van der Waals surface area contributed by atoms with Crippen molar-refractivity contribution < 1.29 is 4.42 Å². The summed E-state index contributed by atoms with van der Waals surface area (Å²) in [5, 5.41) is 6.58. The van der Waals surface area contributed by atoms with Crippen molar-refractivity contribution in [3.63, 3.8) is 0 Å². The van der Waals surface area contributed by atoms with Gasteiger partial charge in [-0.25, -0.2) is 0 Å². The van der Waals surface area contributed by atoms with Gasteiger partial charge in [0.15, 0.2) is 0 Å². The molecule has 0 aliphatic rings. The van der Waals surface area contributed by atoms with Crippen LogP contribution in [0.4, 0.5) is 0 Å². The fourth-order valence-corrected chi connectivity index (χ4v) is 2.11. The van der Waals surface area contributed by atoms with Gasteiger partial charge in [-0.1, -0.05) is 0 Å². The van der Waals surface area contributed by atoms with Gasteiger partial charge >= 0.3 is 0 Å². The smallest absolute Gasteiger partial charge is 0.136 e. The molecule has 0 amide bonds. The first-order chi connectivity index (χ1) is 7.79. The molecule has 2 N–H and O–H groups in total. The van der Waals surface area contributed by atoms with Gasteiger partial charge < -0.3 is 10.2 Å². The monoisotopic (exact) mass is 251 g/mol. The Hall–Kier alpha value is -1.52. The number of nitrogens with zero attached hydrogens (tertiary/aromatic N) is 2. The van der Waals surface area contributed by atoms with Crippen LogP contribution in [0.5, 0.6) is 0 Å². The summed E-state index contributed by atoms with van der Waals surface area (Å²) in [5.74, 6) is 0.919. The molecule has 5 heteroatoms. The molecule has 0 spiro atoms. The van der Waals surface area contributed by atoms with Crippen LogP contribution in [0.15, 0.2) is 28.8 Å². The number of aryl methyl sites for hydroxylation is 1. The summed E-state index contributed by atoms with van der Waals surface area (Å²) in [6, 6.07) is 6.06. The lowest BCUT2D eigenvalue weighted by Crippen LogP contribution is -2.10. The molecule has 17 heavy (non-hydrogen) atoms. The van der Waals surface area contributed by atoms with E-state index < -0.39 is 0 Å². The number of hydrogen-bond acceptors (Lipinski definition) is 3. The van der Waals surface area contributed by atoms with Gasteiger partial charge in [0.1, 0.15) is 11.3 Å². The van der Waals surface area contributed by atoms with Crippen LogP contribution in [-0.2, 0) is 6.54 Å². The number of aromatic nitrogens is 2. The molecule has 0 saturated carbocycles. The molecule has 4 nitrogen and oxygen atoms in total. The largest absolute Gasteiger partial charge is 0.461 e. The zero-order valence-corrected chi connectivity index (χ0v) is 10.3. The summed E-state index contributed by atoms with van der Waals surface area (Å²) in [4.78, 5) is 0. The molecular formula is C12H14ClN3O. The minimum atomic E-state index is 0. The SMILES string of the molecule is Cc1cc2c(ccc3cnn(CCN)c32)o1.Cl. The maximum absolute atomic E-state index is 5.61. The number of benzene rings is 1. The summed E-state index contributed by atoms with van der Waals surface area (Å²) in [7, 11) is 0. The number of rotatable bonds is 2. The first kappa shape index (κ1) is 12.0. The van der Waals surface area contributed by atoms with Crippen molar-refractivity contribution in [3.8, 4) is 0 Å². The van der Waals surface area contributed by atoms with Crippen LogP contribution in [-0.4, -0.2) is 16.3 Å². The molecule has 0 atom stereocenters. The normalized spacial score (nSPS) is 10.9. The van der Waals surface area contributed by atoms with Crippen LogP contribution in [0.3, 0.4) is 0 Å². The number of nitrogens with two attached hydrogens (primary N) is 1. The van der Waals surface area contributed by atoms with Crippen molar-refractivity contribution in [1.82, 2.24) is 9.78 Å². The molecular weight excluding hydrogens is 238 g/mol. The van der Waals surface area contributed by atoms with Gasteiger partial charge in [0.05, 0.1) is 18.3 Å². The second-order valence-electron chi connectivity index (χ2n) is 3.93. The summed E-state index contributed by atoms with van der Waals surface area (Å²) < 4.78 is 7.54. The van der Waals surface area contributed by atoms with E-state index in [-0.39, 0.29) is 12.4 Å². The quantitative estimate of drug-likeness (QED) is 0.761. The second-order valence-corrected chi connectivity index (χ2v) is 3.93. The maximum atomic E-state index is 5.61. The first-order valence-electron chi connectivity index (χ1n) is 5.34. The molecule has 0 radical (unpaired) electrons. The van der Waals surface area contributed by atoms with Gasteiger partial charge in [0.25, 0.3) is 0 Å². The highest BCUT2D eigenvalue weighted by atomic mass is 35.5. The maximum Gasteiger partial charge on any atom is 0.136 e. The summed E-state index contributed by atoms with van der Waals surface area (Å²) >= 11 is 0. The Morgan fingerprint density at radius 1 is 1.41 bits per heavy atom. The molecule has 2 heterocycles. The van der Waals surface area contributed by atoms with E-state index in [1.807, 2.05) is 36.0 Å². The zero-order chi connectivity index (χ0) is 11.1. The van der Waals surface area contributed by atoms with Gasteiger partial charge in [-0.15, -0.1) is 12.4 Å². The van der Waals surface area contributed by atoms with E-state index in [4.69, 9.17) is 10.2 Å². The topological polar surface area (TPSA) is 57.0 Å². The van der Waals surface area contributed by atoms with Crippen molar-refractivity contribution in [2.45, 2.75) is 13.5 Å². The van der Waals surface area contributed by atoms with Crippen LogP contribution in [0.1, 0.15) is 5.76 Å². The van der Waals surface area contributed by atoms with Crippen molar-refractivity contribution in [2.75, 3.05) is 6.54 Å². The van der Waals surface area contributed by atoms with E-state index >= 15 is 0 Å². The van der Waals surface area contributed by atoms with Crippen LogP contribution in [0.25, 0.3) is 21.9 Å². The lowest BCUT2D eigenvalue weighted by molar-refractivity contribution is 0.578. The fraction of sp³-hybridized carbons (Fsp3) is 0.250. The van der Waals surface area contributed by atoms with E-state index in [0.717, 1.165) is 34.2 Å². The fourth-order valence-electron chi connectivity index (χ4n) is 2.11. The number of furan rings is 1. The van der Waals surface area contributed by atoms with Crippen molar-refractivity contribution in [3.05, 3.63) is 30.2 Å².